The number of carbonyl (C=O) groups is 2. The Kier molecular flexibility index (Phi) is 23.6. The summed E-state index contributed by atoms with van der Waals surface area (Å²) in [6.45, 7) is 2.27. The van der Waals surface area contributed by atoms with E-state index in [1.165, 1.54) is 95.6 Å². The number of phenols is 1. The predicted molar refractivity (Wildman–Crippen MR) is 136 cm³/mol. The Morgan fingerprint density at radius 2 is 1.03 bits per heavy atom. The molecule has 0 aliphatic heterocycles. The van der Waals surface area contributed by atoms with E-state index in [1.807, 2.05) is 0 Å². The number of hydrogen-bond acceptors (Lipinski definition) is 5. The molecule has 0 saturated heterocycles. The molecule has 0 saturated carbocycles. The van der Waals surface area contributed by atoms with Crippen LogP contribution >= 0.6 is 0 Å². The van der Waals surface area contributed by atoms with Gasteiger partial charge in [0.25, 0.3) is 0 Å². The number of aromatic carboxylic acids is 1. The first-order valence-electron chi connectivity index (χ1n) is 12.4. The number of rotatable bonds is 17. The Labute approximate surface area is 210 Å². The molecule has 0 bridgehead atoms. The zero-order valence-electron chi connectivity index (χ0n) is 20.9. The van der Waals surface area contributed by atoms with Crippen LogP contribution in [-0.2, 0) is 15.2 Å². The lowest BCUT2D eigenvalue weighted by Gasteiger charge is -2.03. The summed E-state index contributed by atoms with van der Waals surface area (Å²) in [6.07, 6.45) is 20.2. The molecule has 0 aliphatic carbocycles. The third kappa shape index (κ3) is 31.8. The van der Waals surface area contributed by atoms with E-state index in [9.17, 15) is 9.59 Å². The van der Waals surface area contributed by atoms with Gasteiger partial charge in [0.15, 0.2) is 0 Å². The lowest BCUT2D eigenvalue weighted by atomic mass is 10.0. The molecule has 0 heterocycles. The summed E-state index contributed by atoms with van der Waals surface area (Å²) in [6, 6.07) is 5.81. The zero-order valence-corrected chi connectivity index (χ0v) is 21.7. The molecule has 0 radical (unpaired) electrons. The molecule has 1 aromatic carbocycles. The van der Waals surface area contributed by atoms with Gasteiger partial charge in [-0.25, -0.2) is 4.79 Å². The van der Waals surface area contributed by atoms with Crippen LogP contribution in [-0.4, -0.2) is 44.8 Å². The van der Waals surface area contributed by atoms with Crippen molar-refractivity contribution in [1.82, 2.24) is 0 Å². The zero-order chi connectivity index (χ0) is 27.0. The number of aromatic hydroxyl groups is 1. The SMILES string of the molecule is CCCCCCCCCCCCCCCCCC(=O)O.O=C(O)c1ccccc1O.O=S(=O)(O)O. The summed E-state index contributed by atoms with van der Waals surface area (Å²) in [5, 5.41) is 25.8. The van der Waals surface area contributed by atoms with Gasteiger partial charge in [-0.3, -0.25) is 13.9 Å². The molecule has 9 nitrogen and oxygen atoms in total. The second-order valence-corrected chi connectivity index (χ2v) is 9.26. The quantitative estimate of drug-likeness (QED) is 0.110. The molecule has 10 heteroatoms. The molecule has 0 amide bonds. The van der Waals surface area contributed by atoms with Crippen LogP contribution in [0.5, 0.6) is 5.75 Å². The molecule has 0 atom stereocenters. The maximum Gasteiger partial charge on any atom is 0.394 e. The van der Waals surface area contributed by atoms with Gasteiger partial charge in [0.05, 0.1) is 0 Å². The highest BCUT2D eigenvalue weighted by Crippen LogP contribution is 2.15. The predicted octanol–water partition coefficient (Wildman–Crippen LogP) is 6.77. The van der Waals surface area contributed by atoms with Crippen molar-refractivity contribution >= 4 is 22.3 Å². The van der Waals surface area contributed by atoms with Gasteiger partial charge in [-0.2, -0.15) is 8.42 Å². The second kappa shape index (κ2) is 23.6. The van der Waals surface area contributed by atoms with Crippen LogP contribution < -0.4 is 0 Å². The number of benzene rings is 1. The van der Waals surface area contributed by atoms with Gasteiger partial charge in [0.1, 0.15) is 11.3 Å². The van der Waals surface area contributed by atoms with Gasteiger partial charge < -0.3 is 15.3 Å². The summed E-state index contributed by atoms with van der Waals surface area (Å²) in [7, 11) is -4.67. The average Bonchev–Trinajstić information content (AvgIpc) is 2.75. The van der Waals surface area contributed by atoms with Crippen molar-refractivity contribution in [2.75, 3.05) is 0 Å². The van der Waals surface area contributed by atoms with E-state index in [2.05, 4.69) is 6.92 Å². The summed E-state index contributed by atoms with van der Waals surface area (Å²) < 4.78 is 31.6. The van der Waals surface area contributed by atoms with Gasteiger partial charge in [0.2, 0.25) is 0 Å². The summed E-state index contributed by atoms with van der Waals surface area (Å²) >= 11 is 0. The fourth-order valence-electron chi connectivity index (χ4n) is 3.30. The minimum atomic E-state index is -4.67. The van der Waals surface area contributed by atoms with Crippen LogP contribution in [0.4, 0.5) is 0 Å². The van der Waals surface area contributed by atoms with E-state index in [1.54, 1.807) is 12.1 Å². The number of unbranched alkanes of at least 4 members (excludes halogenated alkanes) is 14. The maximum absolute atomic E-state index is 10.3. The van der Waals surface area contributed by atoms with Crippen LogP contribution in [0.15, 0.2) is 24.3 Å². The Bertz CT molecular complexity index is 756. The second-order valence-electron chi connectivity index (χ2n) is 8.36. The van der Waals surface area contributed by atoms with Gasteiger partial charge in [0, 0.05) is 6.42 Å². The first-order chi connectivity index (χ1) is 16.5. The smallest absolute Gasteiger partial charge is 0.394 e. The van der Waals surface area contributed by atoms with Gasteiger partial charge in [-0.15, -0.1) is 0 Å². The molecular weight excluding hydrogens is 476 g/mol. The van der Waals surface area contributed by atoms with E-state index in [0.29, 0.717) is 6.42 Å². The molecule has 35 heavy (non-hydrogen) atoms. The molecule has 0 fully saturated rings. The molecule has 1 aromatic rings. The van der Waals surface area contributed by atoms with Crippen molar-refractivity contribution in [3.05, 3.63) is 29.8 Å². The van der Waals surface area contributed by atoms with Gasteiger partial charge in [-0.05, 0) is 18.6 Å². The van der Waals surface area contributed by atoms with Gasteiger partial charge >= 0.3 is 22.3 Å². The van der Waals surface area contributed by atoms with Gasteiger partial charge in [-0.1, -0.05) is 109 Å². The lowest BCUT2D eigenvalue weighted by Crippen LogP contribution is -1.95. The van der Waals surface area contributed by atoms with Crippen molar-refractivity contribution in [2.45, 2.75) is 110 Å². The number of carboxylic acid groups (broad SMARTS) is 2. The first kappa shape index (κ1) is 35.0. The normalized spacial score (nSPS) is 10.5. The molecule has 0 aromatic heterocycles. The maximum atomic E-state index is 10.3. The van der Waals surface area contributed by atoms with Crippen LogP contribution in [0, 0.1) is 0 Å². The average molecular weight is 521 g/mol. The van der Waals surface area contributed by atoms with Crippen LogP contribution in [0.3, 0.4) is 0 Å². The van der Waals surface area contributed by atoms with E-state index >= 15 is 0 Å². The Morgan fingerprint density at radius 1 is 0.686 bits per heavy atom. The van der Waals surface area contributed by atoms with E-state index in [4.69, 9.17) is 32.8 Å². The topological polar surface area (TPSA) is 169 Å². The van der Waals surface area contributed by atoms with Crippen LogP contribution in [0.2, 0.25) is 0 Å². The Morgan fingerprint density at radius 3 is 1.31 bits per heavy atom. The van der Waals surface area contributed by atoms with Crippen molar-refractivity contribution < 1.29 is 42.4 Å². The largest absolute Gasteiger partial charge is 0.507 e. The molecular formula is C25H44O9S. The fourth-order valence-corrected chi connectivity index (χ4v) is 3.30. The number of hydrogen-bond donors (Lipinski definition) is 5. The lowest BCUT2D eigenvalue weighted by molar-refractivity contribution is -0.137. The monoisotopic (exact) mass is 520 g/mol. The van der Waals surface area contributed by atoms with E-state index in [-0.39, 0.29) is 11.3 Å². The standard InChI is InChI=1S/C18H36O2.C7H6O3.H2O4S/c1-2-3-4-5-6-7-8-9-10-11-12-13-14-15-16-17-18(19)20;8-6-4-2-1-3-5(6)7(9)10;1-5(2,3)4/h2-17H2,1H3,(H,19,20);1-4,8H,(H,9,10);(H2,1,2,3,4). The number of aliphatic carboxylic acids is 1. The third-order valence-electron chi connectivity index (χ3n) is 5.13. The molecule has 5 N–H and O–H groups in total. The Balaban J connectivity index is 0. The third-order valence-corrected chi connectivity index (χ3v) is 5.13. The minimum absolute atomic E-state index is 0.0671. The minimum Gasteiger partial charge on any atom is -0.507 e. The molecule has 1 rings (SSSR count). The summed E-state index contributed by atoms with van der Waals surface area (Å²) in [5.74, 6) is -1.97. The summed E-state index contributed by atoms with van der Waals surface area (Å²) in [4.78, 5) is 20.6. The molecule has 0 unspecified atom stereocenters. The Hall–Kier alpha value is -2.17. The van der Waals surface area contributed by atoms with Crippen molar-refractivity contribution in [3.8, 4) is 5.75 Å². The highest BCUT2D eigenvalue weighted by molar-refractivity contribution is 7.79. The number of para-hydroxylation sites is 1. The van der Waals surface area contributed by atoms with Crippen molar-refractivity contribution in [1.29, 1.82) is 0 Å². The highest BCUT2D eigenvalue weighted by atomic mass is 32.3. The number of carboxylic acids is 2. The highest BCUT2D eigenvalue weighted by Gasteiger charge is 2.05. The van der Waals surface area contributed by atoms with Crippen molar-refractivity contribution in [2.24, 2.45) is 0 Å². The first-order valence-corrected chi connectivity index (χ1v) is 13.8. The van der Waals surface area contributed by atoms with Crippen LogP contribution in [0.25, 0.3) is 0 Å². The summed E-state index contributed by atoms with van der Waals surface area (Å²) in [5.41, 5.74) is -0.0671. The van der Waals surface area contributed by atoms with Crippen LogP contribution in [0.1, 0.15) is 120 Å². The van der Waals surface area contributed by atoms with Crippen molar-refractivity contribution in [3.63, 3.8) is 0 Å². The van der Waals surface area contributed by atoms with E-state index < -0.39 is 22.3 Å². The fraction of sp³-hybridized carbons (Fsp3) is 0.680. The molecule has 204 valence electrons. The van der Waals surface area contributed by atoms with E-state index in [0.717, 1.165) is 12.8 Å². The molecule has 0 aliphatic rings. The molecule has 0 spiro atoms.